The zero-order valence-electron chi connectivity index (χ0n) is 15.1. The number of ether oxygens (including phenoxy) is 1. The number of amides is 1. The second-order valence-corrected chi connectivity index (χ2v) is 7.38. The van der Waals surface area contributed by atoms with E-state index in [-0.39, 0.29) is 11.7 Å². The van der Waals surface area contributed by atoms with E-state index in [1.807, 2.05) is 30.9 Å². The molecule has 1 fully saturated rings. The van der Waals surface area contributed by atoms with Crippen molar-refractivity contribution in [1.29, 1.82) is 0 Å². The molecule has 2 aliphatic heterocycles. The second-order valence-electron chi connectivity index (χ2n) is 7.38. The largest absolute Gasteiger partial charge is 0.486 e. The Balaban J connectivity index is 1.52. The van der Waals surface area contributed by atoms with E-state index < -0.39 is 5.60 Å². The molecule has 0 unspecified atom stereocenters. The van der Waals surface area contributed by atoms with E-state index in [0.717, 1.165) is 16.9 Å². The van der Waals surface area contributed by atoms with Crippen LogP contribution in [0.3, 0.4) is 0 Å². The Hall–Kier alpha value is -2.69. The number of likely N-dealkylation sites (tertiary alicyclic amines) is 1. The van der Waals surface area contributed by atoms with Crippen LogP contribution in [-0.4, -0.2) is 40.3 Å². The van der Waals surface area contributed by atoms with Crippen molar-refractivity contribution in [3.05, 3.63) is 58.9 Å². The third-order valence-corrected chi connectivity index (χ3v) is 5.39. The van der Waals surface area contributed by atoms with Crippen molar-refractivity contribution in [2.75, 3.05) is 13.1 Å². The van der Waals surface area contributed by atoms with Crippen LogP contribution >= 0.6 is 0 Å². The molecular formula is C21H22N2O3. The first kappa shape index (κ1) is 16.8. The van der Waals surface area contributed by atoms with Gasteiger partial charge in [-0.05, 0) is 43.2 Å². The number of aromatic nitrogens is 1. The quantitative estimate of drug-likeness (QED) is 0.791. The number of carbonyl (C=O) groups is 2. The van der Waals surface area contributed by atoms with Gasteiger partial charge in [0.15, 0.2) is 5.78 Å². The standard InChI is InChI=1S/C21H22N2O3/c1-14-10-15(2)19-17(11-14)18(24)12-21(26-19)5-8-23(9-6-21)20(25)16-4-3-7-22-13-16/h3-4,7,10-11,13H,5-6,8-9,12H2,1-2H3. The maximum atomic E-state index is 12.7. The van der Waals surface area contributed by atoms with Crippen molar-refractivity contribution in [2.24, 2.45) is 0 Å². The molecule has 0 bridgehead atoms. The van der Waals surface area contributed by atoms with Gasteiger partial charge in [0.2, 0.25) is 0 Å². The number of carbonyl (C=O) groups excluding carboxylic acids is 2. The van der Waals surface area contributed by atoms with Crippen LogP contribution in [0.4, 0.5) is 0 Å². The average molecular weight is 350 g/mol. The Bertz CT molecular complexity index is 868. The number of fused-ring (bicyclic) bond motifs is 1. The highest BCUT2D eigenvalue weighted by atomic mass is 16.5. The van der Waals surface area contributed by atoms with Crippen LogP contribution in [0.1, 0.15) is 51.1 Å². The van der Waals surface area contributed by atoms with E-state index in [0.29, 0.717) is 43.5 Å². The molecule has 5 nitrogen and oxygen atoms in total. The lowest BCUT2D eigenvalue weighted by atomic mass is 9.81. The van der Waals surface area contributed by atoms with Crippen LogP contribution < -0.4 is 4.74 Å². The molecule has 1 aromatic heterocycles. The number of rotatable bonds is 1. The summed E-state index contributed by atoms with van der Waals surface area (Å²) in [5, 5.41) is 0. The first-order valence-electron chi connectivity index (χ1n) is 9.00. The van der Waals surface area contributed by atoms with Crippen molar-refractivity contribution in [2.45, 2.75) is 38.7 Å². The molecule has 1 aromatic carbocycles. The first-order chi connectivity index (χ1) is 12.5. The lowest BCUT2D eigenvalue weighted by Gasteiger charge is -2.44. The number of piperidine rings is 1. The van der Waals surface area contributed by atoms with Gasteiger partial charge in [-0.3, -0.25) is 14.6 Å². The van der Waals surface area contributed by atoms with Crippen molar-refractivity contribution in [3.63, 3.8) is 0 Å². The van der Waals surface area contributed by atoms with Gasteiger partial charge < -0.3 is 9.64 Å². The molecule has 0 radical (unpaired) electrons. The molecule has 0 saturated carbocycles. The van der Waals surface area contributed by atoms with Crippen molar-refractivity contribution < 1.29 is 14.3 Å². The van der Waals surface area contributed by atoms with Gasteiger partial charge in [-0.1, -0.05) is 6.07 Å². The van der Waals surface area contributed by atoms with Crippen molar-refractivity contribution >= 4 is 11.7 Å². The fourth-order valence-corrected chi connectivity index (χ4v) is 4.01. The van der Waals surface area contributed by atoms with Gasteiger partial charge in [0.05, 0.1) is 17.5 Å². The minimum absolute atomic E-state index is 0.0118. The van der Waals surface area contributed by atoms with E-state index in [9.17, 15) is 9.59 Å². The van der Waals surface area contributed by atoms with Crippen LogP contribution in [0.25, 0.3) is 0 Å². The molecule has 26 heavy (non-hydrogen) atoms. The van der Waals surface area contributed by atoms with Crippen LogP contribution in [0.2, 0.25) is 0 Å². The van der Waals surface area contributed by atoms with E-state index in [1.165, 1.54) is 0 Å². The molecule has 1 spiro atoms. The number of ketones is 1. The molecule has 2 aromatic rings. The van der Waals surface area contributed by atoms with Crippen LogP contribution in [0, 0.1) is 13.8 Å². The predicted molar refractivity (Wildman–Crippen MR) is 97.6 cm³/mol. The minimum atomic E-state index is -0.490. The van der Waals surface area contributed by atoms with Gasteiger partial charge in [-0.15, -0.1) is 0 Å². The second kappa shape index (κ2) is 6.24. The summed E-state index contributed by atoms with van der Waals surface area (Å²) in [7, 11) is 0. The Morgan fingerprint density at radius 1 is 1.23 bits per heavy atom. The number of hydrogen-bond donors (Lipinski definition) is 0. The summed E-state index contributed by atoms with van der Waals surface area (Å²) in [5.41, 5.74) is 2.88. The molecular weight excluding hydrogens is 328 g/mol. The van der Waals surface area contributed by atoms with Gasteiger partial charge in [0.1, 0.15) is 11.4 Å². The highest BCUT2D eigenvalue weighted by molar-refractivity contribution is 6.01. The van der Waals surface area contributed by atoms with Crippen molar-refractivity contribution in [1.82, 2.24) is 9.88 Å². The molecule has 2 aliphatic rings. The van der Waals surface area contributed by atoms with E-state index >= 15 is 0 Å². The molecule has 1 saturated heterocycles. The molecule has 1 amide bonds. The first-order valence-corrected chi connectivity index (χ1v) is 9.00. The Morgan fingerprint density at radius 2 is 2.00 bits per heavy atom. The Morgan fingerprint density at radius 3 is 2.69 bits per heavy atom. The lowest BCUT2D eigenvalue weighted by Crippen LogP contribution is -2.52. The summed E-state index contributed by atoms with van der Waals surface area (Å²) in [6.45, 7) is 5.15. The smallest absolute Gasteiger partial charge is 0.255 e. The molecule has 0 N–H and O–H groups in total. The molecule has 3 heterocycles. The summed E-state index contributed by atoms with van der Waals surface area (Å²) in [6, 6.07) is 7.51. The summed E-state index contributed by atoms with van der Waals surface area (Å²) in [5.74, 6) is 0.853. The highest BCUT2D eigenvalue weighted by Gasteiger charge is 2.44. The van der Waals surface area contributed by atoms with Crippen LogP contribution in [0.5, 0.6) is 5.75 Å². The number of benzene rings is 1. The number of aryl methyl sites for hydroxylation is 2. The maximum Gasteiger partial charge on any atom is 0.255 e. The van der Waals surface area contributed by atoms with Gasteiger partial charge in [0, 0.05) is 38.3 Å². The van der Waals surface area contributed by atoms with Gasteiger partial charge in [-0.2, -0.15) is 0 Å². The van der Waals surface area contributed by atoms with Gasteiger partial charge in [0.25, 0.3) is 5.91 Å². The van der Waals surface area contributed by atoms with E-state index in [2.05, 4.69) is 4.98 Å². The third-order valence-electron chi connectivity index (χ3n) is 5.39. The SMILES string of the molecule is Cc1cc(C)c2c(c1)C(=O)CC1(CCN(C(=O)c3cccnc3)CC1)O2. The number of nitrogens with zero attached hydrogens (tertiary/aromatic N) is 2. The Kier molecular flexibility index (Phi) is 4.02. The predicted octanol–water partition coefficient (Wildman–Crippen LogP) is 3.34. The number of Topliss-reactive ketones (excluding diaryl/α,β-unsaturated/α-hetero) is 1. The summed E-state index contributed by atoms with van der Waals surface area (Å²) in [6.07, 6.45) is 4.97. The normalized spacial score (nSPS) is 18.4. The molecule has 4 rings (SSSR count). The van der Waals surface area contributed by atoms with Crippen LogP contribution in [0.15, 0.2) is 36.7 Å². The number of hydrogen-bond acceptors (Lipinski definition) is 4. The molecule has 5 heteroatoms. The average Bonchev–Trinajstić information content (AvgIpc) is 2.64. The highest BCUT2D eigenvalue weighted by Crippen LogP contribution is 2.41. The van der Waals surface area contributed by atoms with Gasteiger partial charge >= 0.3 is 0 Å². The number of pyridine rings is 1. The molecule has 0 aliphatic carbocycles. The van der Waals surface area contributed by atoms with Crippen molar-refractivity contribution in [3.8, 4) is 5.75 Å². The van der Waals surface area contributed by atoms with Gasteiger partial charge in [-0.25, -0.2) is 0 Å². The third kappa shape index (κ3) is 2.87. The molecule has 0 atom stereocenters. The van der Waals surface area contributed by atoms with Crippen LogP contribution in [-0.2, 0) is 0 Å². The zero-order valence-corrected chi connectivity index (χ0v) is 15.1. The zero-order chi connectivity index (χ0) is 18.3. The topological polar surface area (TPSA) is 59.5 Å². The van der Waals surface area contributed by atoms with E-state index in [1.54, 1.807) is 24.5 Å². The van der Waals surface area contributed by atoms with E-state index in [4.69, 9.17) is 4.74 Å². The monoisotopic (exact) mass is 350 g/mol. The molecule has 134 valence electrons. The summed E-state index contributed by atoms with van der Waals surface area (Å²) >= 11 is 0. The Labute approximate surface area is 153 Å². The maximum absolute atomic E-state index is 12.7. The minimum Gasteiger partial charge on any atom is -0.486 e. The summed E-state index contributed by atoms with van der Waals surface area (Å²) < 4.78 is 6.38. The summed E-state index contributed by atoms with van der Waals surface area (Å²) in [4.78, 5) is 31.2. The fourth-order valence-electron chi connectivity index (χ4n) is 4.01. The fraction of sp³-hybridized carbons (Fsp3) is 0.381. The lowest BCUT2D eigenvalue weighted by molar-refractivity contribution is -0.00619.